The zero-order chi connectivity index (χ0) is 83.1. The van der Waals surface area contributed by atoms with Crippen molar-refractivity contribution in [2.45, 2.75) is 115 Å². The third kappa shape index (κ3) is 95.9. The summed E-state index contributed by atoms with van der Waals surface area (Å²) in [6.07, 6.45) is -2.44. The molecule has 43 heteroatoms. The average Bonchev–Trinajstić information content (AvgIpc) is 0.921. The molecule has 0 aromatic rings. The van der Waals surface area contributed by atoms with E-state index in [2.05, 4.69) is 58.0 Å². The molecule has 0 heterocycles. The van der Waals surface area contributed by atoms with E-state index in [9.17, 15) is 8.42 Å². The molecule has 12 unspecified atom stereocenters. The Morgan fingerprint density at radius 3 is 0.477 bits per heavy atom. The molecule has 0 rings (SSSR count). The Bertz CT molecular complexity index is 1690. The number of methoxy groups -OCH3 is 12. The van der Waals surface area contributed by atoms with Crippen LogP contribution in [0, 0.1) is 5.41 Å². The van der Waals surface area contributed by atoms with Gasteiger partial charge in [0.2, 0.25) is 0 Å². The van der Waals surface area contributed by atoms with Gasteiger partial charge in [-0.05, 0) is 11.8 Å². The molecule has 0 aromatic carbocycles. The van der Waals surface area contributed by atoms with Gasteiger partial charge in [-0.15, -0.1) is 0 Å². The Hall–Kier alpha value is 2.51. The van der Waals surface area contributed by atoms with Crippen molar-refractivity contribution in [1.29, 1.82) is 0 Å². The molecular weight excluding hydrogens is 1750 g/mol. The van der Waals surface area contributed by atoms with Gasteiger partial charge < -0.3 is 144 Å². The van der Waals surface area contributed by atoms with Crippen LogP contribution in [0.5, 0.6) is 0 Å². The summed E-state index contributed by atoms with van der Waals surface area (Å²) in [6.45, 7) is 17.9. The average molecular weight is 1900 g/mol. The molecule has 0 spiro atoms. The second kappa shape index (κ2) is 107. The van der Waals surface area contributed by atoms with Crippen molar-refractivity contribution in [1.82, 2.24) is 0 Å². The van der Waals surface area contributed by atoms with Crippen molar-refractivity contribution in [3.63, 3.8) is 0 Å². The Balaban J connectivity index is -0.000000101. The van der Waals surface area contributed by atoms with E-state index in [4.69, 9.17) is 144 Å². The molecule has 0 amide bonds. The summed E-state index contributed by atoms with van der Waals surface area (Å²) in [6, 6.07) is 0. The van der Waals surface area contributed by atoms with Gasteiger partial charge in [-0.3, -0.25) is 0 Å². The van der Waals surface area contributed by atoms with Gasteiger partial charge in [-0.2, -0.15) is 0 Å². The maximum absolute atomic E-state index is 10.9. The molecule has 12 atom stereocenters. The van der Waals surface area contributed by atoms with Gasteiger partial charge in [0.15, 0.2) is 9.84 Å². The van der Waals surface area contributed by atoms with E-state index in [0.29, 0.717) is 165 Å². The number of hydrogen-bond acceptors (Lipinski definition) is 37. The molecule has 0 aliphatic rings. The molecule has 0 aromatic heterocycles. The van der Waals surface area contributed by atoms with Gasteiger partial charge in [-0.1, -0.05) is 42.2 Å². The Morgan fingerprint density at radius 2 is 0.394 bits per heavy atom. The van der Waals surface area contributed by atoms with Crippen molar-refractivity contribution in [2.75, 3.05) is 302 Å². The van der Waals surface area contributed by atoms with E-state index in [-0.39, 0.29) is 159 Å². The van der Waals surface area contributed by atoms with E-state index < -0.39 is 9.84 Å². The van der Waals surface area contributed by atoms with Gasteiger partial charge in [-0.25, -0.2) is 8.42 Å². The molecule has 0 aliphatic heterocycles. The van der Waals surface area contributed by atoms with Crippen molar-refractivity contribution in [3.05, 3.63) is 12.0 Å². The number of aliphatic hydroxyl groups is 4. The van der Waals surface area contributed by atoms with Gasteiger partial charge in [0.05, 0.1) is 217 Å². The first kappa shape index (κ1) is 132. The van der Waals surface area contributed by atoms with Crippen LogP contribution in [0.2, 0.25) is 0 Å². The fourth-order valence-electron chi connectivity index (χ4n) is 7.17. The molecule has 4 N–H and O–H groups in total. The zero-order valence-electron chi connectivity index (χ0n) is 65.7. The quantitative estimate of drug-likeness (QED) is 0.0502. The van der Waals surface area contributed by atoms with Crippen LogP contribution in [0.3, 0.4) is 0 Å². The fraction of sp³-hybridized carbons (Fsp3) is 0.970. The van der Waals surface area contributed by atoms with Crippen LogP contribution in [0.1, 0.15) is 49.2 Å². The molecular formula is C66H150O32S6V5. The van der Waals surface area contributed by atoms with Crippen LogP contribution < -0.4 is 0 Å². The zero-order valence-corrected chi connectivity index (χ0v) is 77.5. The molecule has 0 saturated heterocycles. The third-order valence-corrected chi connectivity index (χ3v) is 14.9. The Kier molecular flexibility index (Phi) is 129. The molecule has 0 aliphatic carbocycles. The van der Waals surface area contributed by atoms with Crippen molar-refractivity contribution in [2.24, 2.45) is 5.41 Å². The topological polar surface area (TPSA) is 355 Å². The van der Waals surface area contributed by atoms with Crippen LogP contribution in [0.25, 0.3) is 0 Å². The maximum atomic E-state index is 10.9. The summed E-state index contributed by atoms with van der Waals surface area (Å²) >= 11 is 9.48. The second-order valence-electron chi connectivity index (χ2n) is 22.7. The first-order valence-electron chi connectivity index (χ1n) is 33.4. The van der Waals surface area contributed by atoms with Gasteiger partial charge in [0, 0.05) is 97.9 Å². The first-order chi connectivity index (χ1) is 51.8. The van der Waals surface area contributed by atoms with Gasteiger partial charge >= 0.3 is 130 Å². The number of rotatable bonds is 71. The van der Waals surface area contributed by atoms with Crippen LogP contribution >= 0.6 is 51.4 Å². The summed E-state index contributed by atoms with van der Waals surface area (Å²) in [7, 11) is 36.2. The monoisotopic (exact) mass is 1900 g/mol. The molecule has 32 nitrogen and oxygen atoms in total. The SMILES string of the molecule is C.C.C=CS(=O)(=O)CCC(C)(C)C.COC(COCCO)COCC(COCC(COCC(COCC(COCC(COCCO)OC)OC)OC)OC)OC.COC(COCCO)COCC(COCC(COCC(COCC(COCC(COCCO)OC)OC)OC)OC)OC.[HH].[HH].[HH].[HH].[HH].[S]=[V].[S]=[V].[S]=[V].[S]=[V].[S]=[V]. The van der Waals surface area contributed by atoms with Crippen molar-refractivity contribution < 1.29 is 238 Å². The van der Waals surface area contributed by atoms with E-state index >= 15 is 0 Å². The molecule has 0 bridgehead atoms. The minimum absolute atomic E-state index is 0. The van der Waals surface area contributed by atoms with E-state index in [1.165, 1.54) is 0 Å². The Morgan fingerprint density at radius 1 is 0.284 bits per heavy atom. The fourth-order valence-corrected chi connectivity index (χ4v) is 8.23. The summed E-state index contributed by atoms with van der Waals surface area (Å²) in [5.41, 5.74) is 0.0794. The van der Waals surface area contributed by atoms with Crippen molar-refractivity contribution in [3.8, 4) is 0 Å². The molecule has 0 fully saturated rings. The number of hydrogen-bond donors (Lipinski definition) is 4. The summed E-state index contributed by atoms with van der Waals surface area (Å²) in [4.78, 5) is 0. The number of ether oxygens (including phenoxy) is 26. The molecule has 667 valence electrons. The van der Waals surface area contributed by atoms with Crippen LogP contribution in [-0.4, -0.2) is 405 Å². The van der Waals surface area contributed by atoms with E-state index in [1.54, 1.807) is 85.3 Å². The predicted octanol–water partition coefficient (Wildman–Crippen LogP) is 6.07. The Labute approximate surface area is 728 Å². The normalized spacial score (nSPS) is 14.2. The van der Waals surface area contributed by atoms with E-state index in [1.807, 2.05) is 99.4 Å². The summed E-state index contributed by atoms with van der Waals surface area (Å²) < 4.78 is 165. The summed E-state index contributed by atoms with van der Waals surface area (Å²) in [5.74, 6) is 0.208. The second-order valence-corrected chi connectivity index (χ2v) is 24.8. The van der Waals surface area contributed by atoms with Crippen LogP contribution in [0.15, 0.2) is 12.0 Å². The summed E-state index contributed by atoms with van der Waals surface area (Å²) in [5, 5.41) is 36.2. The predicted molar refractivity (Wildman–Crippen MR) is 419 cm³/mol. The van der Waals surface area contributed by atoms with Crippen LogP contribution in [-0.2, 0) is 212 Å². The number of aliphatic hydroxyl groups excluding tert-OH is 4. The standard InChI is InChI=1S/2C28H58O15.C8H16O2S.2CH4.5S.5V.5H2/c2*1-31-23(11-37-9-7-29)13-39-15-25(33-3)17-41-19-27(35-5)21-43-22-28(36-6)20-42-18-26(34-4)16-40-14-24(32-2)12-38-10-8-30;1-5-11(9,10)7-6-8(2,3)4;;;;;;;;;;;;;;;;;/h2*23-30H,7-22H2,1-6H3;5H,1,6-7H2,2-4H3;2*1H4;;;;;;;;;;;5*1H. The molecule has 109 heavy (non-hydrogen) atoms. The first-order valence-corrected chi connectivity index (χ1v) is 45.5. The van der Waals surface area contributed by atoms with Gasteiger partial charge in [0.25, 0.3) is 0 Å². The number of sulfone groups is 1. The molecule has 0 radical (unpaired) electrons. The minimum atomic E-state index is -2.99. The van der Waals surface area contributed by atoms with Gasteiger partial charge in [0.1, 0.15) is 73.2 Å². The third-order valence-electron chi connectivity index (χ3n) is 13.6. The molecule has 0 saturated carbocycles. The van der Waals surface area contributed by atoms with Crippen LogP contribution in [0.4, 0.5) is 0 Å². The van der Waals surface area contributed by atoms with Crippen molar-refractivity contribution >= 4 is 61.3 Å². The van der Waals surface area contributed by atoms with E-state index in [0.717, 1.165) is 5.41 Å².